The number of aryl methyl sites for hydroxylation is 1. The van der Waals surface area contributed by atoms with Crippen LogP contribution in [0.4, 0.5) is 4.79 Å². The number of aliphatic hydroxyl groups excluding tert-OH is 2. The molecule has 2 aromatic rings. The monoisotopic (exact) mass is 518 g/mol. The van der Waals surface area contributed by atoms with Crippen LogP contribution < -0.4 is 26.6 Å². The van der Waals surface area contributed by atoms with Crippen molar-refractivity contribution in [3.63, 3.8) is 0 Å². The maximum atomic E-state index is 12.6. The highest BCUT2D eigenvalue weighted by Crippen LogP contribution is 2.34. The molecule has 1 aliphatic rings. The fraction of sp³-hybridized carbons (Fsp3) is 0.520. The Hall–Kier alpha value is -3.64. The van der Waals surface area contributed by atoms with E-state index in [9.17, 15) is 29.4 Å². The number of hydrogen-bond donors (Lipinski definition) is 5. The topological polar surface area (TPSA) is 172 Å². The first-order valence-corrected chi connectivity index (χ1v) is 12.0. The summed E-state index contributed by atoms with van der Waals surface area (Å²) >= 11 is 0. The molecule has 0 radical (unpaired) electrons. The molecule has 1 aromatic heterocycles. The second-order valence-electron chi connectivity index (χ2n) is 10.0. The van der Waals surface area contributed by atoms with Gasteiger partial charge >= 0.3 is 11.8 Å². The Balaban J connectivity index is 1.48. The van der Waals surface area contributed by atoms with Gasteiger partial charge in [-0.15, -0.1) is 0 Å². The first-order valence-electron chi connectivity index (χ1n) is 12.0. The highest BCUT2D eigenvalue weighted by molar-refractivity contribution is 5.94. The van der Waals surface area contributed by atoms with E-state index in [0.29, 0.717) is 16.9 Å². The van der Waals surface area contributed by atoms with Crippen LogP contribution in [0.1, 0.15) is 49.2 Å². The molecule has 2 amide bonds. The van der Waals surface area contributed by atoms with Crippen molar-refractivity contribution in [2.45, 2.75) is 58.0 Å². The van der Waals surface area contributed by atoms with Crippen molar-refractivity contribution in [2.24, 2.45) is 5.92 Å². The number of nitrogens with one attached hydrogen (secondary N) is 3. The Labute approximate surface area is 213 Å². The molecule has 1 fully saturated rings. The van der Waals surface area contributed by atoms with E-state index in [1.165, 1.54) is 10.8 Å². The number of carbonyl (C=O) groups is 2. The molecule has 3 rings (SSSR count). The van der Waals surface area contributed by atoms with Gasteiger partial charge in [-0.2, -0.15) is 0 Å². The van der Waals surface area contributed by atoms with Crippen molar-refractivity contribution < 1.29 is 29.3 Å². The summed E-state index contributed by atoms with van der Waals surface area (Å²) in [6, 6.07) is 5.67. The predicted octanol–water partition coefficient (Wildman–Crippen LogP) is 0.461. The van der Waals surface area contributed by atoms with Gasteiger partial charge in [-0.05, 0) is 58.4 Å². The average Bonchev–Trinajstić information content (AvgIpc) is 3.10. The molecule has 0 saturated heterocycles. The summed E-state index contributed by atoms with van der Waals surface area (Å²) in [6.07, 6.45) is -1.33. The van der Waals surface area contributed by atoms with Crippen LogP contribution in [0.25, 0.3) is 0 Å². The Bertz CT molecular complexity index is 1210. The molecule has 1 aliphatic carbocycles. The summed E-state index contributed by atoms with van der Waals surface area (Å²) in [4.78, 5) is 50.2. The van der Waals surface area contributed by atoms with Gasteiger partial charge in [0.1, 0.15) is 24.1 Å². The quantitative estimate of drug-likeness (QED) is 0.314. The van der Waals surface area contributed by atoms with Gasteiger partial charge in [0.2, 0.25) is 0 Å². The number of rotatable bonds is 8. The van der Waals surface area contributed by atoms with Gasteiger partial charge in [0.25, 0.3) is 11.5 Å². The molecule has 1 saturated carbocycles. The maximum Gasteiger partial charge on any atom is 0.407 e. The van der Waals surface area contributed by atoms with E-state index in [2.05, 4.69) is 15.6 Å². The standard InChI is InChI=1S/C25H34N4O8/c1-14-13-29(23(34)28-21(14)32)18-11-16(19(30)20(18)31)12-27-22(33)15-5-7-17(8-6-15)36-10-9-26-24(35)37-25(2,3)4/h5-8,13,16,18-20,30-31H,9-12H2,1-4H3,(H,26,35)(H,27,33)(H,28,32,34)/t16-,18+,19+,20+/m0/s1. The van der Waals surface area contributed by atoms with Crippen LogP contribution >= 0.6 is 0 Å². The molecule has 0 aliphatic heterocycles. The number of amides is 2. The van der Waals surface area contributed by atoms with Crippen LogP contribution in [-0.2, 0) is 4.74 Å². The minimum Gasteiger partial charge on any atom is -0.492 e. The van der Waals surface area contributed by atoms with Crippen molar-refractivity contribution in [1.29, 1.82) is 0 Å². The molecule has 37 heavy (non-hydrogen) atoms. The van der Waals surface area contributed by atoms with Gasteiger partial charge in [-0.3, -0.25) is 19.1 Å². The van der Waals surface area contributed by atoms with Crippen LogP contribution in [0, 0.1) is 12.8 Å². The number of aromatic nitrogens is 2. The molecule has 202 valence electrons. The van der Waals surface area contributed by atoms with Gasteiger partial charge in [0.15, 0.2) is 0 Å². The zero-order chi connectivity index (χ0) is 27.3. The summed E-state index contributed by atoms with van der Waals surface area (Å²) in [6.45, 7) is 7.41. The Kier molecular flexibility index (Phi) is 8.77. The van der Waals surface area contributed by atoms with Crippen molar-refractivity contribution >= 4 is 12.0 Å². The van der Waals surface area contributed by atoms with E-state index in [-0.39, 0.29) is 32.0 Å². The fourth-order valence-corrected chi connectivity index (χ4v) is 4.07. The third-order valence-corrected chi connectivity index (χ3v) is 5.95. The molecular weight excluding hydrogens is 484 g/mol. The lowest BCUT2D eigenvalue weighted by Gasteiger charge is -2.19. The van der Waals surface area contributed by atoms with E-state index in [0.717, 1.165) is 0 Å². The largest absolute Gasteiger partial charge is 0.492 e. The minimum absolute atomic E-state index is 0.0826. The smallest absolute Gasteiger partial charge is 0.407 e. The van der Waals surface area contributed by atoms with Gasteiger partial charge in [0, 0.05) is 29.8 Å². The zero-order valence-corrected chi connectivity index (χ0v) is 21.3. The highest BCUT2D eigenvalue weighted by Gasteiger charge is 2.42. The maximum absolute atomic E-state index is 12.6. The number of aromatic amines is 1. The molecular formula is C25H34N4O8. The van der Waals surface area contributed by atoms with Gasteiger partial charge in [0.05, 0.1) is 18.7 Å². The first kappa shape index (κ1) is 27.9. The number of ether oxygens (including phenoxy) is 2. The van der Waals surface area contributed by atoms with Crippen LogP contribution in [0.5, 0.6) is 5.75 Å². The van der Waals surface area contributed by atoms with Crippen LogP contribution in [-0.4, -0.2) is 69.3 Å². The summed E-state index contributed by atoms with van der Waals surface area (Å²) in [5, 5.41) is 26.3. The molecule has 12 nitrogen and oxygen atoms in total. The van der Waals surface area contributed by atoms with E-state index >= 15 is 0 Å². The molecule has 4 atom stereocenters. The van der Waals surface area contributed by atoms with Gasteiger partial charge in [-0.1, -0.05) is 0 Å². The van der Waals surface area contributed by atoms with Crippen LogP contribution in [0.3, 0.4) is 0 Å². The lowest BCUT2D eigenvalue weighted by Crippen LogP contribution is -2.38. The van der Waals surface area contributed by atoms with E-state index < -0.39 is 47.1 Å². The Morgan fingerprint density at radius 1 is 1.11 bits per heavy atom. The summed E-state index contributed by atoms with van der Waals surface area (Å²) < 4.78 is 11.9. The summed E-state index contributed by atoms with van der Waals surface area (Å²) in [7, 11) is 0. The van der Waals surface area contributed by atoms with Crippen molar-refractivity contribution in [2.75, 3.05) is 19.7 Å². The first-order chi connectivity index (χ1) is 17.4. The Morgan fingerprint density at radius 3 is 2.43 bits per heavy atom. The molecule has 12 heteroatoms. The van der Waals surface area contributed by atoms with Crippen molar-refractivity contribution in [3.05, 3.63) is 62.4 Å². The lowest BCUT2D eigenvalue weighted by molar-refractivity contribution is 0.00580. The average molecular weight is 519 g/mol. The normalized spacial score (nSPS) is 21.4. The van der Waals surface area contributed by atoms with Crippen molar-refractivity contribution in [1.82, 2.24) is 20.2 Å². The Morgan fingerprint density at radius 2 is 1.78 bits per heavy atom. The number of carbonyl (C=O) groups excluding carboxylic acids is 2. The number of hydrogen-bond acceptors (Lipinski definition) is 8. The van der Waals surface area contributed by atoms with Crippen LogP contribution in [0.15, 0.2) is 40.1 Å². The highest BCUT2D eigenvalue weighted by atomic mass is 16.6. The fourth-order valence-electron chi connectivity index (χ4n) is 4.07. The lowest BCUT2D eigenvalue weighted by atomic mass is 10.1. The third-order valence-electron chi connectivity index (χ3n) is 5.95. The minimum atomic E-state index is -1.23. The second-order valence-corrected chi connectivity index (χ2v) is 10.0. The third kappa shape index (κ3) is 7.43. The van der Waals surface area contributed by atoms with E-state index in [1.54, 1.807) is 52.0 Å². The zero-order valence-electron chi connectivity index (χ0n) is 21.3. The van der Waals surface area contributed by atoms with Crippen molar-refractivity contribution in [3.8, 4) is 5.75 Å². The predicted molar refractivity (Wildman–Crippen MR) is 134 cm³/mol. The number of H-pyrrole nitrogens is 1. The van der Waals surface area contributed by atoms with Gasteiger partial charge < -0.3 is 30.3 Å². The number of benzene rings is 1. The van der Waals surface area contributed by atoms with Crippen LogP contribution in [0.2, 0.25) is 0 Å². The SMILES string of the molecule is Cc1cn([C@@H]2C[C@@H](CNC(=O)c3ccc(OCCNC(=O)OC(C)(C)C)cc3)[C@@H](O)[C@@H]2O)c(=O)[nH]c1=O. The second kappa shape index (κ2) is 11.6. The summed E-state index contributed by atoms with van der Waals surface area (Å²) in [5.74, 6) is -0.357. The summed E-state index contributed by atoms with van der Waals surface area (Å²) in [5.41, 5.74) is -1.08. The molecule has 1 heterocycles. The molecule has 0 spiro atoms. The molecule has 0 bridgehead atoms. The number of aliphatic hydroxyl groups is 2. The van der Waals surface area contributed by atoms with Gasteiger partial charge in [-0.25, -0.2) is 9.59 Å². The van der Waals surface area contributed by atoms with E-state index in [1.807, 2.05) is 0 Å². The molecule has 5 N–H and O–H groups in total. The number of nitrogens with zero attached hydrogens (tertiary/aromatic N) is 1. The molecule has 0 unspecified atom stereocenters. The number of alkyl carbamates (subject to hydrolysis) is 1. The van der Waals surface area contributed by atoms with E-state index in [4.69, 9.17) is 9.47 Å². The molecule has 1 aromatic carbocycles.